The van der Waals surface area contributed by atoms with Crippen LogP contribution in [0, 0.1) is 6.92 Å². The van der Waals surface area contributed by atoms with Crippen LogP contribution in [0.3, 0.4) is 0 Å². The number of rotatable bonds is 6. The molecule has 0 bridgehead atoms. The Balaban J connectivity index is 1.68. The minimum atomic E-state index is -0.933. The van der Waals surface area contributed by atoms with Crippen molar-refractivity contribution < 1.29 is 23.5 Å². The first-order valence-corrected chi connectivity index (χ1v) is 9.89. The molecule has 1 fully saturated rings. The van der Waals surface area contributed by atoms with E-state index in [-0.39, 0.29) is 24.8 Å². The van der Waals surface area contributed by atoms with Crippen molar-refractivity contribution in [2.75, 3.05) is 12.0 Å². The molecule has 158 valence electrons. The largest absolute Gasteiger partial charge is 0.497 e. The molecule has 1 saturated heterocycles. The Hall–Kier alpha value is -3.87. The number of imide groups is 1. The second kappa shape index (κ2) is 8.47. The van der Waals surface area contributed by atoms with Crippen LogP contribution < -0.4 is 9.64 Å². The van der Waals surface area contributed by atoms with Crippen LogP contribution in [0.5, 0.6) is 5.75 Å². The highest BCUT2D eigenvalue weighted by atomic mass is 16.5. The number of aryl methyl sites for hydroxylation is 1. The molecule has 4 rings (SSSR count). The maximum Gasteiger partial charge on any atom is 0.257 e. The van der Waals surface area contributed by atoms with Gasteiger partial charge in [0, 0.05) is 5.56 Å². The lowest BCUT2D eigenvalue weighted by molar-refractivity contribution is -0.122. The molecule has 3 amide bonds. The summed E-state index contributed by atoms with van der Waals surface area (Å²) in [6, 6.07) is 16.3. The van der Waals surface area contributed by atoms with Crippen LogP contribution in [-0.2, 0) is 16.1 Å². The Morgan fingerprint density at radius 2 is 1.90 bits per heavy atom. The molecule has 7 nitrogen and oxygen atoms in total. The first kappa shape index (κ1) is 20.4. The number of carbonyl (C=O) groups is 3. The molecule has 7 heteroatoms. The summed E-state index contributed by atoms with van der Waals surface area (Å²) < 4.78 is 10.6. The van der Waals surface area contributed by atoms with Gasteiger partial charge in [0.2, 0.25) is 5.91 Å². The summed E-state index contributed by atoms with van der Waals surface area (Å²) >= 11 is 0. The van der Waals surface area contributed by atoms with Gasteiger partial charge in [-0.1, -0.05) is 23.8 Å². The number of amides is 3. The van der Waals surface area contributed by atoms with Crippen LogP contribution in [0.1, 0.15) is 28.1 Å². The molecule has 1 aliphatic rings. The molecule has 2 heterocycles. The molecular weight excluding hydrogens is 396 g/mol. The van der Waals surface area contributed by atoms with Gasteiger partial charge in [-0.05, 0) is 49.4 Å². The average Bonchev–Trinajstić information content (AvgIpc) is 3.40. The van der Waals surface area contributed by atoms with Crippen molar-refractivity contribution >= 4 is 23.4 Å². The number of hydrogen-bond acceptors (Lipinski definition) is 5. The summed E-state index contributed by atoms with van der Waals surface area (Å²) in [4.78, 5) is 42.0. The molecule has 0 radical (unpaired) electrons. The van der Waals surface area contributed by atoms with E-state index in [2.05, 4.69) is 0 Å². The van der Waals surface area contributed by atoms with E-state index >= 15 is 0 Å². The van der Waals surface area contributed by atoms with Gasteiger partial charge in [-0.25, -0.2) is 4.90 Å². The molecular formula is C24H22N2O5. The smallest absolute Gasteiger partial charge is 0.257 e. The molecule has 1 aliphatic heterocycles. The summed E-state index contributed by atoms with van der Waals surface area (Å²) in [7, 11) is 1.52. The third-order valence-electron chi connectivity index (χ3n) is 5.28. The lowest BCUT2D eigenvalue weighted by Crippen LogP contribution is -2.45. The Bertz CT molecular complexity index is 1110. The van der Waals surface area contributed by atoms with Crippen molar-refractivity contribution in [2.24, 2.45) is 0 Å². The van der Waals surface area contributed by atoms with Gasteiger partial charge in [-0.2, -0.15) is 0 Å². The Labute approximate surface area is 179 Å². The van der Waals surface area contributed by atoms with Crippen LogP contribution >= 0.6 is 0 Å². The summed E-state index contributed by atoms with van der Waals surface area (Å²) in [6.45, 7) is 1.99. The first-order valence-electron chi connectivity index (χ1n) is 9.89. The predicted octanol–water partition coefficient (Wildman–Crippen LogP) is 3.57. The fraction of sp³-hybridized carbons (Fsp3) is 0.208. The average molecular weight is 418 g/mol. The zero-order valence-corrected chi connectivity index (χ0v) is 17.3. The number of carbonyl (C=O) groups excluding carboxylic acids is 3. The highest BCUT2D eigenvalue weighted by Crippen LogP contribution is 2.28. The van der Waals surface area contributed by atoms with E-state index in [1.165, 1.54) is 18.3 Å². The van der Waals surface area contributed by atoms with Gasteiger partial charge in [0.15, 0.2) is 0 Å². The number of ether oxygens (including phenoxy) is 1. The maximum atomic E-state index is 13.4. The van der Waals surface area contributed by atoms with Crippen molar-refractivity contribution in [1.29, 1.82) is 0 Å². The number of anilines is 1. The predicted molar refractivity (Wildman–Crippen MR) is 114 cm³/mol. The summed E-state index contributed by atoms with van der Waals surface area (Å²) in [5, 5.41) is 0. The van der Waals surface area contributed by atoms with Crippen LogP contribution in [0.4, 0.5) is 5.69 Å². The van der Waals surface area contributed by atoms with Gasteiger partial charge < -0.3 is 14.1 Å². The second-order valence-electron chi connectivity index (χ2n) is 7.37. The molecule has 31 heavy (non-hydrogen) atoms. The van der Waals surface area contributed by atoms with E-state index < -0.39 is 11.9 Å². The van der Waals surface area contributed by atoms with Crippen molar-refractivity contribution in [3.05, 3.63) is 83.8 Å². The van der Waals surface area contributed by atoms with E-state index in [0.717, 1.165) is 10.5 Å². The number of nitrogens with zero attached hydrogens (tertiary/aromatic N) is 2. The molecule has 0 saturated carbocycles. The van der Waals surface area contributed by atoms with Crippen LogP contribution in [0.15, 0.2) is 71.3 Å². The first-order chi connectivity index (χ1) is 15.0. The fourth-order valence-corrected chi connectivity index (χ4v) is 3.64. The van der Waals surface area contributed by atoms with E-state index in [0.29, 0.717) is 22.8 Å². The molecule has 0 spiro atoms. The topological polar surface area (TPSA) is 80.1 Å². The molecule has 3 aromatic rings. The van der Waals surface area contributed by atoms with Crippen LogP contribution in [0.25, 0.3) is 0 Å². The Morgan fingerprint density at radius 3 is 2.58 bits per heavy atom. The van der Waals surface area contributed by atoms with Gasteiger partial charge in [0.25, 0.3) is 11.8 Å². The SMILES string of the molecule is COc1cccc(C(=O)N(Cc2ccco2)C2CC(=O)N(c3ccc(C)cc3)C2=O)c1. The van der Waals surface area contributed by atoms with Crippen molar-refractivity contribution in [3.63, 3.8) is 0 Å². The normalized spacial score (nSPS) is 15.9. The molecule has 2 aromatic carbocycles. The summed E-state index contributed by atoms with van der Waals surface area (Å²) in [5.41, 5.74) is 1.88. The van der Waals surface area contributed by atoms with Crippen molar-refractivity contribution in [2.45, 2.75) is 25.9 Å². The molecule has 1 unspecified atom stereocenters. The number of benzene rings is 2. The Kier molecular flexibility index (Phi) is 5.58. The number of methoxy groups -OCH3 is 1. The monoisotopic (exact) mass is 418 g/mol. The molecule has 0 aliphatic carbocycles. The molecule has 1 atom stereocenters. The van der Waals surface area contributed by atoms with Gasteiger partial charge in [0.1, 0.15) is 17.6 Å². The molecule has 0 N–H and O–H groups in total. The highest BCUT2D eigenvalue weighted by molar-refractivity contribution is 6.23. The third-order valence-corrected chi connectivity index (χ3v) is 5.28. The lowest BCUT2D eigenvalue weighted by Gasteiger charge is -2.27. The second-order valence-corrected chi connectivity index (χ2v) is 7.37. The van der Waals surface area contributed by atoms with Crippen molar-refractivity contribution in [3.8, 4) is 5.75 Å². The third kappa shape index (κ3) is 4.07. The van der Waals surface area contributed by atoms with Gasteiger partial charge in [-0.3, -0.25) is 14.4 Å². The number of furan rings is 1. The van der Waals surface area contributed by atoms with Crippen molar-refractivity contribution in [1.82, 2.24) is 4.90 Å². The number of hydrogen-bond donors (Lipinski definition) is 0. The zero-order valence-electron chi connectivity index (χ0n) is 17.3. The summed E-state index contributed by atoms with van der Waals surface area (Å²) in [5.74, 6) is -0.116. The molecule has 1 aromatic heterocycles. The van der Waals surface area contributed by atoms with Gasteiger partial charge in [0.05, 0.1) is 32.0 Å². The van der Waals surface area contributed by atoms with Crippen LogP contribution in [-0.4, -0.2) is 35.8 Å². The standard InChI is InChI=1S/C24H22N2O5/c1-16-8-10-18(11-9-16)26-22(27)14-21(24(26)29)25(15-20-7-4-12-31-20)23(28)17-5-3-6-19(13-17)30-2/h3-13,21H,14-15H2,1-2H3. The van der Waals surface area contributed by atoms with Gasteiger partial charge >= 0.3 is 0 Å². The Morgan fingerprint density at radius 1 is 1.13 bits per heavy atom. The zero-order chi connectivity index (χ0) is 22.0. The lowest BCUT2D eigenvalue weighted by atomic mass is 10.1. The van der Waals surface area contributed by atoms with E-state index in [1.54, 1.807) is 48.5 Å². The van der Waals surface area contributed by atoms with E-state index in [1.807, 2.05) is 19.1 Å². The van der Waals surface area contributed by atoms with Gasteiger partial charge in [-0.15, -0.1) is 0 Å². The van der Waals surface area contributed by atoms with Crippen LogP contribution in [0.2, 0.25) is 0 Å². The van der Waals surface area contributed by atoms with E-state index in [4.69, 9.17) is 9.15 Å². The summed E-state index contributed by atoms with van der Waals surface area (Å²) in [6.07, 6.45) is 1.41. The van der Waals surface area contributed by atoms with E-state index in [9.17, 15) is 14.4 Å². The quantitative estimate of drug-likeness (QED) is 0.572. The maximum absolute atomic E-state index is 13.4. The highest BCUT2D eigenvalue weighted by Gasteiger charge is 2.44. The minimum Gasteiger partial charge on any atom is -0.497 e. The fourth-order valence-electron chi connectivity index (χ4n) is 3.64. The minimum absolute atomic E-state index is 0.0640.